The van der Waals surface area contributed by atoms with Crippen LogP contribution in [0.25, 0.3) is 16.5 Å². The van der Waals surface area contributed by atoms with Crippen molar-refractivity contribution in [3.8, 4) is 6.07 Å². The van der Waals surface area contributed by atoms with Crippen molar-refractivity contribution < 1.29 is 0 Å². The van der Waals surface area contributed by atoms with Gasteiger partial charge in [-0.3, -0.25) is 0 Å². The number of allylic oxidation sites excluding steroid dienone is 3. The number of anilines is 1. The van der Waals surface area contributed by atoms with E-state index >= 15 is 0 Å². The second-order valence-corrected chi connectivity index (χ2v) is 6.96. The highest BCUT2D eigenvalue weighted by atomic mass is 32.2. The normalized spacial score (nSPS) is 15.3. The summed E-state index contributed by atoms with van der Waals surface area (Å²) >= 11 is 1.73. The minimum absolute atomic E-state index is 0.566. The number of nitriles is 1. The lowest BCUT2D eigenvalue weighted by molar-refractivity contribution is 1.00. The summed E-state index contributed by atoms with van der Waals surface area (Å²) in [5.74, 6) is 0. The molecule has 26 heavy (non-hydrogen) atoms. The Labute approximate surface area is 157 Å². The standard InChI is InChI=1S/C22H17N3S/c1-2-25-20-9-5-6-10-21(20)26-22(25)14-12-17(15-23)19-13-11-16-7-3-4-8-18(16)24-19/h3-14H,2H2,1H3/b17-12-,22-14+. The molecule has 0 saturated carbocycles. The molecule has 0 bridgehead atoms. The molecular formula is C22H17N3S. The number of nitrogens with zero attached hydrogens (tertiary/aromatic N) is 3. The predicted octanol–water partition coefficient (Wildman–Crippen LogP) is 5.62. The third-order valence-electron chi connectivity index (χ3n) is 4.34. The Hall–Kier alpha value is -3.03. The monoisotopic (exact) mass is 355 g/mol. The van der Waals surface area contributed by atoms with E-state index in [4.69, 9.17) is 0 Å². The molecular weight excluding hydrogens is 338 g/mol. The molecule has 4 heteroatoms. The molecule has 0 spiro atoms. The Morgan fingerprint density at radius 1 is 1.12 bits per heavy atom. The van der Waals surface area contributed by atoms with Crippen LogP contribution in [0.2, 0.25) is 0 Å². The van der Waals surface area contributed by atoms with Crippen LogP contribution < -0.4 is 4.90 Å². The molecule has 0 amide bonds. The molecule has 0 radical (unpaired) electrons. The minimum Gasteiger partial charge on any atom is -0.335 e. The smallest absolute Gasteiger partial charge is 0.101 e. The fraction of sp³-hybridized carbons (Fsp3) is 0.0909. The van der Waals surface area contributed by atoms with Crippen LogP contribution in [0.1, 0.15) is 12.6 Å². The van der Waals surface area contributed by atoms with Crippen LogP contribution in [0.5, 0.6) is 0 Å². The average molecular weight is 355 g/mol. The maximum atomic E-state index is 9.61. The molecule has 0 atom stereocenters. The van der Waals surface area contributed by atoms with Gasteiger partial charge in [-0.05, 0) is 43.3 Å². The molecule has 3 aromatic rings. The molecule has 2 heterocycles. The van der Waals surface area contributed by atoms with Gasteiger partial charge in [0, 0.05) is 16.8 Å². The predicted molar refractivity (Wildman–Crippen MR) is 109 cm³/mol. The van der Waals surface area contributed by atoms with E-state index in [-0.39, 0.29) is 0 Å². The Kier molecular flexibility index (Phi) is 4.47. The molecule has 0 N–H and O–H groups in total. The summed E-state index contributed by atoms with van der Waals surface area (Å²) in [7, 11) is 0. The van der Waals surface area contributed by atoms with Crippen LogP contribution >= 0.6 is 11.8 Å². The first kappa shape index (κ1) is 16.4. The van der Waals surface area contributed by atoms with Crippen molar-refractivity contribution in [1.29, 1.82) is 5.26 Å². The maximum Gasteiger partial charge on any atom is 0.101 e. The summed E-state index contributed by atoms with van der Waals surface area (Å²) in [5, 5.41) is 11.8. The van der Waals surface area contributed by atoms with Gasteiger partial charge in [0.05, 0.1) is 27.5 Å². The quantitative estimate of drug-likeness (QED) is 0.572. The highest BCUT2D eigenvalue weighted by Gasteiger charge is 2.22. The molecule has 1 aliphatic heterocycles. The van der Waals surface area contributed by atoms with Gasteiger partial charge in [0.1, 0.15) is 6.07 Å². The lowest BCUT2D eigenvalue weighted by atomic mass is 10.1. The zero-order valence-corrected chi connectivity index (χ0v) is 15.2. The van der Waals surface area contributed by atoms with Gasteiger partial charge < -0.3 is 4.90 Å². The van der Waals surface area contributed by atoms with Gasteiger partial charge in [-0.2, -0.15) is 5.26 Å². The second kappa shape index (κ2) is 7.07. The minimum atomic E-state index is 0.566. The summed E-state index contributed by atoms with van der Waals surface area (Å²) in [6.07, 6.45) is 3.89. The van der Waals surface area contributed by atoms with Crippen molar-refractivity contribution in [3.63, 3.8) is 0 Å². The Morgan fingerprint density at radius 2 is 1.92 bits per heavy atom. The number of hydrogen-bond acceptors (Lipinski definition) is 4. The number of para-hydroxylation sites is 2. The van der Waals surface area contributed by atoms with E-state index in [0.29, 0.717) is 11.3 Å². The topological polar surface area (TPSA) is 39.9 Å². The molecule has 1 aliphatic rings. The first-order valence-corrected chi connectivity index (χ1v) is 9.34. The van der Waals surface area contributed by atoms with Crippen molar-refractivity contribution >= 4 is 33.9 Å². The summed E-state index contributed by atoms with van der Waals surface area (Å²) in [6.45, 7) is 3.02. The summed E-state index contributed by atoms with van der Waals surface area (Å²) in [6, 6.07) is 22.5. The largest absolute Gasteiger partial charge is 0.335 e. The van der Waals surface area contributed by atoms with Crippen LogP contribution in [0.15, 0.2) is 82.7 Å². The maximum absolute atomic E-state index is 9.61. The zero-order valence-electron chi connectivity index (χ0n) is 14.4. The van der Waals surface area contributed by atoms with Crippen molar-refractivity contribution in [3.05, 3.63) is 83.5 Å². The van der Waals surface area contributed by atoms with Gasteiger partial charge in [-0.25, -0.2) is 4.98 Å². The fourth-order valence-electron chi connectivity index (χ4n) is 3.05. The van der Waals surface area contributed by atoms with E-state index in [2.05, 4.69) is 47.1 Å². The number of rotatable bonds is 3. The molecule has 126 valence electrons. The van der Waals surface area contributed by atoms with Crippen molar-refractivity contribution in [2.24, 2.45) is 0 Å². The summed E-state index contributed by atoms with van der Waals surface area (Å²) in [5.41, 5.74) is 3.39. The molecule has 0 saturated heterocycles. The second-order valence-electron chi connectivity index (χ2n) is 5.90. The van der Waals surface area contributed by atoms with Gasteiger partial charge in [-0.15, -0.1) is 0 Å². The number of pyridine rings is 1. The molecule has 0 aliphatic carbocycles. The van der Waals surface area contributed by atoms with Crippen LogP contribution in [0.3, 0.4) is 0 Å². The van der Waals surface area contributed by atoms with Gasteiger partial charge in [0.2, 0.25) is 0 Å². The third kappa shape index (κ3) is 2.98. The van der Waals surface area contributed by atoms with Gasteiger partial charge in [-0.1, -0.05) is 48.2 Å². The molecule has 2 aromatic carbocycles. The summed E-state index contributed by atoms with van der Waals surface area (Å²) < 4.78 is 0. The lowest BCUT2D eigenvalue weighted by Gasteiger charge is -2.17. The van der Waals surface area contributed by atoms with Crippen LogP contribution in [0.4, 0.5) is 5.69 Å². The number of fused-ring (bicyclic) bond motifs is 2. The molecule has 1 aromatic heterocycles. The first-order chi connectivity index (χ1) is 12.8. The van der Waals surface area contributed by atoms with E-state index in [1.54, 1.807) is 11.8 Å². The van der Waals surface area contributed by atoms with Gasteiger partial charge in [0.15, 0.2) is 0 Å². The Balaban J connectivity index is 1.69. The van der Waals surface area contributed by atoms with Crippen molar-refractivity contribution in [2.75, 3.05) is 11.4 Å². The van der Waals surface area contributed by atoms with E-state index in [0.717, 1.165) is 22.5 Å². The molecule has 3 nitrogen and oxygen atoms in total. The Morgan fingerprint density at radius 3 is 2.77 bits per heavy atom. The number of hydrogen-bond donors (Lipinski definition) is 0. The number of thioether (sulfide) groups is 1. The van der Waals surface area contributed by atoms with Crippen molar-refractivity contribution in [2.45, 2.75) is 11.8 Å². The van der Waals surface area contributed by atoms with Crippen LogP contribution in [-0.4, -0.2) is 11.5 Å². The first-order valence-electron chi connectivity index (χ1n) is 8.53. The SMILES string of the molecule is CCN1/C(=C\C=C(\C#N)c2ccc3ccccc3n2)Sc2ccccc21. The van der Waals surface area contributed by atoms with Gasteiger partial charge in [0.25, 0.3) is 0 Å². The van der Waals surface area contributed by atoms with E-state index in [9.17, 15) is 5.26 Å². The van der Waals surface area contributed by atoms with Crippen LogP contribution in [0, 0.1) is 11.3 Å². The van der Waals surface area contributed by atoms with Crippen LogP contribution in [-0.2, 0) is 0 Å². The van der Waals surface area contributed by atoms with E-state index in [1.807, 2.05) is 48.6 Å². The molecule has 0 unspecified atom stereocenters. The number of benzene rings is 2. The zero-order chi connectivity index (χ0) is 17.9. The van der Waals surface area contributed by atoms with Crippen molar-refractivity contribution in [1.82, 2.24) is 4.98 Å². The lowest BCUT2D eigenvalue weighted by Crippen LogP contribution is -2.16. The van der Waals surface area contributed by atoms with E-state index < -0.39 is 0 Å². The third-order valence-corrected chi connectivity index (χ3v) is 5.47. The van der Waals surface area contributed by atoms with E-state index in [1.165, 1.54) is 10.6 Å². The Bertz CT molecular complexity index is 1080. The number of aromatic nitrogens is 1. The average Bonchev–Trinajstić information content (AvgIpc) is 3.05. The molecule has 0 fully saturated rings. The fourth-order valence-corrected chi connectivity index (χ4v) is 4.18. The van der Waals surface area contributed by atoms with Gasteiger partial charge >= 0.3 is 0 Å². The highest BCUT2D eigenvalue weighted by Crippen LogP contribution is 2.45. The molecule has 4 rings (SSSR count). The summed E-state index contributed by atoms with van der Waals surface area (Å²) in [4.78, 5) is 8.14. The highest BCUT2D eigenvalue weighted by molar-refractivity contribution is 8.03.